The van der Waals surface area contributed by atoms with E-state index in [2.05, 4.69) is 6.07 Å². The number of alkyl halides is 6. The van der Waals surface area contributed by atoms with Gasteiger partial charge in [0.25, 0.3) is 0 Å². The molecule has 0 N–H and O–H groups in total. The van der Waals surface area contributed by atoms with E-state index in [1.165, 1.54) is 13.0 Å². The van der Waals surface area contributed by atoms with Crippen LogP contribution in [0.3, 0.4) is 0 Å². The van der Waals surface area contributed by atoms with Gasteiger partial charge in [-0.25, -0.2) is 0 Å². The Kier molecular flexibility index (Phi) is 3.98. The van der Waals surface area contributed by atoms with Crippen LogP contribution in [0.2, 0.25) is 0 Å². The molecule has 22 heavy (non-hydrogen) atoms. The lowest BCUT2D eigenvalue weighted by Crippen LogP contribution is -2.07. The van der Waals surface area contributed by atoms with Gasteiger partial charge in [-0.2, -0.15) is 26.3 Å². The normalized spacial score (nSPS) is 12.5. The van der Waals surface area contributed by atoms with E-state index in [9.17, 15) is 26.3 Å². The van der Waals surface area contributed by atoms with Crippen LogP contribution in [0.1, 0.15) is 22.3 Å². The molecule has 0 amide bonds. The van der Waals surface area contributed by atoms with Crippen LogP contribution in [0.4, 0.5) is 26.3 Å². The third kappa shape index (κ3) is 3.26. The van der Waals surface area contributed by atoms with Crippen molar-refractivity contribution in [1.82, 2.24) is 0 Å². The van der Waals surface area contributed by atoms with Crippen molar-refractivity contribution in [2.45, 2.75) is 26.2 Å². The first-order valence-electron chi connectivity index (χ1n) is 6.28. The monoisotopic (exact) mass is 317 g/mol. The van der Waals surface area contributed by atoms with Gasteiger partial charge in [0.1, 0.15) is 0 Å². The van der Waals surface area contributed by atoms with Crippen LogP contribution in [-0.4, -0.2) is 0 Å². The van der Waals surface area contributed by atoms with Crippen LogP contribution in [0, 0.1) is 19.9 Å². The zero-order valence-corrected chi connectivity index (χ0v) is 11.7. The molecule has 0 heterocycles. The summed E-state index contributed by atoms with van der Waals surface area (Å²) in [4.78, 5) is 0. The molecule has 2 rings (SSSR count). The molecule has 2 aromatic carbocycles. The second-order valence-electron chi connectivity index (χ2n) is 4.95. The largest absolute Gasteiger partial charge is 0.416 e. The highest BCUT2D eigenvalue weighted by Crippen LogP contribution is 2.37. The van der Waals surface area contributed by atoms with E-state index in [-0.39, 0.29) is 11.1 Å². The minimum atomic E-state index is -4.57. The van der Waals surface area contributed by atoms with Crippen LogP contribution in [0.15, 0.2) is 30.3 Å². The number of hydrogen-bond acceptors (Lipinski definition) is 0. The molecule has 0 bridgehead atoms. The molecule has 0 aromatic heterocycles. The van der Waals surface area contributed by atoms with Crippen molar-refractivity contribution in [3.8, 4) is 11.1 Å². The van der Waals surface area contributed by atoms with Crippen molar-refractivity contribution in [2.75, 3.05) is 0 Å². The molecule has 0 aliphatic carbocycles. The van der Waals surface area contributed by atoms with Crippen molar-refractivity contribution in [1.29, 1.82) is 0 Å². The highest BCUT2D eigenvalue weighted by atomic mass is 19.4. The molecule has 0 unspecified atom stereocenters. The van der Waals surface area contributed by atoms with E-state index in [1.807, 2.05) is 0 Å². The maximum atomic E-state index is 12.8. The molecule has 0 spiro atoms. The van der Waals surface area contributed by atoms with Gasteiger partial charge in [-0.15, -0.1) is 0 Å². The quantitative estimate of drug-likeness (QED) is 0.582. The van der Waals surface area contributed by atoms with Crippen molar-refractivity contribution < 1.29 is 26.3 Å². The first-order chi connectivity index (χ1) is 10.00. The van der Waals surface area contributed by atoms with Crippen molar-refractivity contribution in [3.63, 3.8) is 0 Å². The van der Waals surface area contributed by atoms with E-state index in [1.54, 1.807) is 6.92 Å². The summed E-state index contributed by atoms with van der Waals surface area (Å²) in [5.74, 6) is 0. The fourth-order valence-electron chi connectivity index (χ4n) is 2.10. The van der Waals surface area contributed by atoms with Gasteiger partial charge in [0, 0.05) is 0 Å². The summed E-state index contributed by atoms with van der Waals surface area (Å²) in [6.45, 7) is 3.06. The van der Waals surface area contributed by atoms with E-state index >= 15 is 0 Å². The Morgan fingerprint density at radius 2 is 1.32 bits per heavy atom. The first kappa shape index (κ1) is 16.4. The van der Waals surface area contributed by atoms with E-state index in [0.717, 1.165) is 24.3 Å². The molecule has 0 saturated heterocycles. The number of rotatable bonds is 1. The fourth-order valence-corrected chi connectivity index (χ4v) is 2.10. The lowest BCUT2D eigenvalue weighted by Gasteiger charge is -2.15. The topological polar surface area (TPSA) is 0 Å². The third-order valence-corrected chi connectivity index (χ3v) is 3.33. The Morgan fingerprint density at radius 3 is 1.86 bits per heavy atom. The van der Waals surface area contributed by atoms with Gasteiger partial charge in [-0.05, 0) is 66.4 Å². The number of aryl methyl sites for hydroxylation is 2. The van der Waals surface area contributed by atoms with Gasteiger partial charge in [-0.3, -0.25) is 0 Å². The van der Waals surface area contributed by atoms with Gasteiger partial charge in [0.15, 0.2) is 0 Å². The highest BCUT2D eigenvalue weighted by Gasteiger charge is 2.33. The maximum absolute atomic E-state index is 12.8. The maximum Gasteiger partial charge on any atom is 0.416 e. The standard InChI is InChI=1S/C16H11F6/c1-9-3-5-11(15(17,18)19)7-13(9)14-8-12(16(20,21)22)6-4-10(14)2/h3,5-8H,1-2H3. The summed E-state index contributed by atoms with van der Waals surface area (Å²) in [7, 11) is 0. The molecule has 0 saturated carbocycles. The highest BCUT2D eigenvalue weighted by molar-refractivity contribution is 5.71. The second-order valence-corrected chi connectivity index (χ2v) is 4.95. The summed E-state index contributed by atoms with van der Waals surface area (Å²) < 4.78 is 76.7. The van der Waals surface area contributed by atoms with Crippen LogP contribution >= 0.6 is 0 Å². The van der Waals surface area contributed by atoms with Crippen molar-refractivity contribution in [2.24, 2.45) is 0 Å². The fraction of sp³-hybridized carbons (Fsp3) is 0.250. The molecule has 0 nitrogen and oxygen atoms in total. The molecule has 2 aromatic rings. The minimum absolute atomic E-state index is 0.0958. The van der Waals surface area contributed by atoms with Crippen LogP contribution in [-0.2, 0) is 12.4 Å². The summed E-state index contributed by atoms with van der Waals surface area (Å²) >= 11 is 0. The molecule has 0 atom stereocenters. The Morgan fingerprint density at radius 1 is 0.773 bits per heavy atom. The predicted octanol–water partition coefficient (Wildman–Crippen LogP) is 5.81. The second kappa shape index (κ2) is 5.34. The van der Waals surface area contributed by atoms with Gasteiger partial charge < -0.3 is 0 Å². The lowest BCUT2D eigenvalue weighted by atomic mass is 9.93. The molecule has 0 fully saturated rings. The Balaban J connectivity index is 2.66. The van der Waals surface area contributed by atoms with Gasteiger partial charge >= 0.3 is 12.4 Å². The number of hydrogen-bond donors (Lipinski definition) is 0. The van der Waals surface area contributed by atoms with Gasteiger partial charge in [-0.1, -0.05) is 6.07 Å². The van der Waals surface area contributed by atoms with E-state index in [0.29, 0.717) is 11.1 Å². The van der Waals surface area contributed by atoms with Crippen molar-refractivity contribution in [3.05, 3.63) is 58.7 Å². The minimum Gasteiger partial charge on any atom is -0.166 e. The van der Waals surface area contributed by atoms with E-state index in [4.69, 9.17) is 0 Å². The molecular weight excluding hydrogens is 306 g/mol. The Labute approximate surface area is 123 Å². The Bertz CT molecular complexity index is 633. The SMILES string of the molecule is Cc1[c]cc(C(F)(F)F)cc1-c1cc(C(F)(F)F)ccc1C. The Hall–Kier alpha value is -1.98. The molecule has 0 aliphatic heterocycles. The lowest BCUT2D eigenvalue weighted by molar-refractivity contribution is -0.138. The summed E-state index contributed by atoms with van der Waals surface area (Å²) in [5, 5.41) is 0. The first-order valence-corrected chi connectivity index (χ1v) is 6.28. The summed E-state index contributed by atoms with van der Waals surface area (Å²) in [6.07, 6.45) is -9.13. The van der Waals surface area contributed by atoms with Crippen molar-refractivity contribution >= 4 is 0 Å². The zero-order valence-electron chi connectivity index (χ0n) is 11.7. The van der Waals surface area contributed by atoms with Gasteiger partial charge in [0.2, 0.25) is 0 Å². The van der Waals surface area contributed by atoms with E-state index < -0.39 is 23.5 Å². The smallest absolute Gasteiger partial charge is 0.166 e. The number of halogens is 6. The molecule has 1 radical (unpaired) electrons. The predicted molar refractivity (Wildman–Crippen MR) is 70.2 cm³/mol. The molecule has 0 aliphatic rings. The zero-order chi connectivity index (χ0) is 16.7. The molecule has 6 heteroatoms. The summed E-state index contributed by atoms with van der Waals surface area (Å²) in [5.41, 5.74) is -0.804. The van der Waals surface area contributed by atoms with Crippen LogP contribution in [0.5, 0.6) is 0 Å². The van der Waals surface area contributed by atoms with Gasteiger partial charge in [0.05, 0.1) is 11.1 Å². The number of benzene rings is 2. The summed E-state index contributed by atoms with van der Waals surface area (Å²) in [6, 6.07) is 7.13. The average molecular weight is 317 g/mol. The molecule has 117 valence electrons. The third-order valence-electron chi connectivity index (χ3n) is 3.33. The van der Waals surface area contributed by atoms with Crippen LogP contribution in [0.25, 0.3) is 11.1 Å². The molecular formula is C16H11F6. The average Bonchev–Trinajstić information content (AvgIpc) is 2.37. The van der Waals surface area contributed by atoms with Crippen LogP contribution < -0.4 is 0 Å².